The van der Waals surface area contributed by atoms with Gasteiger partial charge in [-0.15, -0.1) is 0 Å². The zero-order chi connectivity index (χ0) is 19.5. The Kier molecular flexibility index (Phi) is 16.7. The summed E-state index contributed by atoms with van der Waals surface area (Å²) in [5.74, 6) is 0.209. The first-order chi connectivity index (χ1) is 12.7. The molecule has 1 aromatic rings. The molecule has 0 aliphatic carbocycles. The SMILES string of the molecule is CCC(=O)c1ccccc1.CCCCCCOC(=O)OCCCCCC. The Morgan fingerprint density at radius 1 is 0.731 bits per heavy atom. The molecule has 0 heterocycles. The Hall–Kier alpha value is -1.84. The van der Waals surface area contributed by atoms with Gasteiger partial charge < -0.3 is 9.47 Å². The minimum atomic E-state index is -0.506. The van der Waals surface area contributed by atoms with Gasteiger partial charge in [0.1, 0.15) is 0 Å². The van der Waals surface area contributed by atoms with E-state index >= 15 is 0 Å². The third-order valence-electron chi connectivity index (χ3n) is 3.85. The highest BCUT2D eigenvalue weighted by Crippen LogP contribution is 2.02. The molecule has 0 spiro atoms. The van der Waals surface area contributed by atoms with Gasteiger partial charge in [0.15, 0.2) is 5.78 Å². The molecule has 148 valence electrons. The van der Waals surface area contributed by atoms with Crippen molar-refractivity contribution in [3.8, 4) is 0 Å². The highest BCUT2D eigenvalue weighted by molar-refractivity contribution is 5.95. The van der Waals surface area contributed by atoms with Crippen LogP contribution in [0.5, 0.6) is 0 Å². The molecule has 26 heavy (non-hydrogen) atoms. The smallest absolute Gasteiger partial charge is 0.434 e. The molecule has 0 amide bonds. The van der Waals surface area contributed by atoms with E-state index in [0.717, 1.165) is 31.2 Å². The highest BCUT2D eigenvalue weighted by atomic mass is 16.7. The van der Waals surface area contributed by atoms with Gasteiger partial charge in [-0.05, 0) is 12.8 Å². The zero-order valence-electron chi connectivity index (χ0n) is 16.8. The lowest BCUT2D eigenvalue weighted by atomic mass is 10.1. The topological polar surface area (TPSA) is 52.6 Å². The van der Waals surface area contributed by atoms with Crippen LogP contribution in [0.3, 0.4) is 0 Å². The van der Waals surface area contributed by atoms with E-state index in [1.807, 2.05) is 37.3 Å². The van der Waals surface area contributed by atoms with Crippen molar-refractivity contribution in [2.75, 3.05) is 13.2 Å². The molecule has 0 saturated carbocycles. The minimum Gasteiger partial charge on any atom is -0.434 e. The van der Waals surface area contributed by atoms with Gasteiger partial charge in [0.25, 0.3) is 0 Å². The monoisotopic (exact) mass is 364 g/mol. The molecule has 0 fully saturated rings. The van der Waals surface area contributed by atoms with Crippen LogP contribution in [0.25, 0.3) is 0 Å². The predicted octanol–water partition coefficient (Wildman–Crippen LogP) is 6.58. The Morgan fingerprint density at radius 2 is 1.23 bits per heavy atom. The molecule has 4 nitrogen and oxygen atoms in total. The summed E-state index contributed by atoms with van der Waals surface area (Å²) in [6, 6.07) is 9.34. The van der Waals surface area contributed by atoms with Crippen LogP contribution in [0, 0.1) is 0 Å². The number of hydrogen-bond donors (Lipinski definition) is 0. The van der Waals surface area contributed by atoms with Crippen LogP contribution >= 0.6 is 0 Å². The van der Waals surface area contributed by atoms with Crippen LogP contribution in [0.1, 0.15) is 88.9 Å². The number of ketones is 1. The molecule has 0 aliphatic heterocycles. The van der Waals surface area contributed by atoms with Crippen molar-refractivity contribution in [2.45, 2.75) is 78.6 Å². The average Bonchev–Trinajstić information content (AvgIpc) is 2.68. The fourth-order valence-corrected chi connectivity index (χ4v) is 2.24. The van der Waals surface area contributed by atoms with Crippen molar-refractivity contribution in [3.05, 3.63) is 35.9 Å². The Balaban J connectivity index is 0.000000531. The van der Waals surface area contributed by atoms with E-state index in [1.54, 1.807) is 0 Å². The summed E-state index contributed by atoms with van der Waals surface area (Å²) in [6.07, 6.45) is 9.02. The van der Waals surface area contributed by atoms with Gasteiger partial charge in [-0.2, -0.15) is 0 Å². The molecule has 0 aromatic heterocycles. The molecular weight excluding hydrogens is 328 g/mol. The second kappa shape index (κ2) is 18.0. The third kappa shape index (κ3) is 14.5. The molecule has 0 atom stereocenters. The van der Waals surface area contributed by atoms with Gasteiger partial charge in [0, 0.05) is 12.0 Å². The summed E-state index contributed by atoms with van der Waals surface area (Å²) in [4.78, 5) is 22.1. The lowest BCUT2D eigenvalue weighted by Gasteiger charge is -2.05. The Bertz CT molecular complexity index is 440. The van der Waals surface area contributed by atoms with Crippen LogP contribution in [0.2, 0.25) is 0 Å². The number of carbonyl (C=O) groups excluding carboxylic acids is 2. The summed E-state index contributed by atoms with van der Waals surface area (Å²) in [5, 5.41) is 0. The zero-order valence-corrected chi connectivity index (χ0v) is 16.8. The molecule has 0 bridgehead atoms. The maximum atomic E-state index is 11.1. The third-order valence-corrected chi connectivity index (χ3v) is 3.85. The fourth-order valence-electron chi connectivity index (χ4n) is 2.24. The summed E-state index contributed by atoms with van der Waals surface area (Å²) in [5.41, 5.74) is 0.810. The summed E-state index contributed by atoms with van der Waals surface area (Å²) >= 11 is 0. The maximum Gasteiger partial charge on any atom is 0.508 e. The first-order valence-electron chi connectivity index (χ1n) is 10.0. The van der Waals surface area contributed by atoms with Gasteiger partial charge in [-0.1, -0.05) is 89.6 Å². The maximum absolute atomic E-state index is 11.1. The molecule has 0 N–H and O–H groups in total. The Labute approximate surface area is 159 Å². The molecule has 0 unspecified atom stereocenters. The van der Waals surface area contributed by atoms with Crippen LogP contribution in [0.4, 0.5) is 4.79 Å². The number of ether oxygens (including phenoxy) is 2. The minimum absolute atomic E-state index is 0.209. The van der Waals surface area contributed by atoms with Gasteiger partial charge in [0.2, 0.25) is 0 Å². The van der Waals surface area contributed by atoms with Crippen molar-refractivity contribution < 1.29 is 19.1 Å². The largest absolute Gasteiger partial charge is 0.508 e. The van der Waals surface area contributed by atoms with Crippen molar-refractivity contribution in [1.82, 2.24) is 0 Å². The first kappa shape index (κ1) is 24.2. The summed E-state index contributed by atoms with van der Waals surface area (Å²) in [7, 11) is 0. The number of carbonyl (C=O) groups is 2. The van der Waals surface area contributed by atoms with E-state index in [-0.39, 0.29) is 5.78 Å². The molecule has 0 aliphatic rings. The first-order valence-corrected chi connectivity index (χ1v) is 10.0. The normalized spacial score (nSPS) is 9.81. The number of rotatable bonds is 12. The summed E-state index contributed by atoms with van der Waals surface area (Å²) in [6.45, 7) is 7.17. The van der Waals surface area contributed by atoms with Gasteiger partial charge >= 0.3 is 6.16 Å². The van der Waals surface area contributed by atoms with E-state index in [2.05, 4.69) is 13.8 Å². The molecular formula is C22H36O4. The standard InChI is InChI=1S/C13H26O3.C9H10O/c1-3-5-7-9-11-15-13(14)16-12-10-8-6-4-2;1-2-9(10)8-6-4-3-5-7-8/h3-12H2,1-2H3;3-7H,2H2,1H3. The van der Waals surface area contributed by atoms with Crippen molar-refractivity contribution in [2.24, 2.45) is 0 Å². The van der Waals surface area contributed by atoms with Gasteiger partial charge in [0.05, 0.1) is 13.2 Å². The van der Waals surface area contributed by atoms with E-state index in [9.17, 15) is 9.59 Å². The predicted molar refractivity (Wildman–Crippen MR) is 107 cm³/mol. The van der Waals surface area contributed by atoms with Crippen LogP contribution < -0.4 is 0 Å². The molecule has 1 aromatic carbocycles. The fraction of sp³-hybridized carbons (Fsp3) is 0.636. The van der Waals surface area contributed by atoms with Crippen LogP contribution in [0.15, 0.2) is 30.3 Å². The number of Topliss-reactive ketones (excluding diaryl/α,β-unsaturated/α-hetero) is 1. The van der Waals surface area contributed by atoms with Crippen LogP contribution in [-0.4, -0.2) is 25.2 Å². The Morgan fingerprint density at radius 3 is 1.65 bits per heavy atom. The van der Waals surface area contributed by atoms with Crippen molar-refractivity contribution in [3.63, 3.8) is 0 Å². The van der Waals surface area contributed by atoms with Crippen molar-refractivity contribution in [1.29, 1.82) is 0 Å². The number of unbranched alkanes of at least 4 members (excludes halogenated alkanes) is 6. The van der Waals surface area contributed by atoms with E-state index < -0.39 is 6.16 Å². The highest BCUT2D eigenvalue weighted by Gasteiger charge is 2.02. The number of benzene rings is 1. The lowest BCUT2D eigenvalue weighted by molar-refractivity contribution is 0.0529. The van der Waals surface area contributed by atoms with E-state index in [4.69, 9.17) is 9.47 Å². The lowest BCUT2D eigenvalue weighted by Crippen LogP contribution is -2.09. The quantitative estimate of drug-likeness (QED) is 0.239. The van der Waals surface area contributed by atoms with Crippen LogP contribution in [-0.2, 0) is 9.47 Å². The van der Waals surface area contributed by atoms with E-state index in [0.29, 0.717) is 19.6 Å². The summed E-state index contributed by atoms with van der Waals surface area (Å²) < 4.78 is 9.87. The van der Waals surface area contributed by atoms with Gasteiger partial charge in [-0.25, -0.2) is 4.79 Å². The molecule has 0 saturated heterocycles. The van der Waals surface area contributed by atoms with Gasteiger partial charge in [-0.3, -0.25) is 4.79 Å². The second-order valence-electron chi connectivity index (χ2n) is 6.21. The molecule has 1 rings (SSSR count). The molecule has 4 heteroatoms. The average molecular weight is 365 g/mol. The number of hydrogen-bond acceptors (Lipinski definition) is 4. The van der Waals surface area contributed by atoms with E-state index in [1.165, 1.54) is 25.7 Å². The second-order valence-corrected chi connectivity index (χ2v) is 6.21. The molecule has 0 radical (unpaired) electrons. The van der Waals surface area contributed by atoms with Crippen molar-refractivity contribution >= 4 is 11.9 Å².